The Balaban J connectivity index is 1.53. The van der Waals surface area contributed by atoms with Crippen molar-refractivity contribution in [2.45, 2.75) is 25.4 Å². The third-order valence-corrected chi connectivity index (χ3v) is 5.87. The lowest BCUT2D eigenvalue weighted by Gasteiger charge is -2.11. The lowest BCUT2D eigenvalue weighted by molar-refractivity contribution is 0.475. The van der Waals surface area contributed by atoms with Crippen molar-refractivity contribution in [1.82, 2.24) is 9.97 Å². The van der Waals surface area contributed by atoms with E-state index in [-0.39, 0.29) is 11.5 Å². The molecule has 3 heterocycles. The summed E-state index contributed by atoms with van der Waals surface area (Å²) in [5.41, 5.74) is 4.27. The Morgan fingerprint density at radius 1 is 1.00 bits per heavy atom. The van der Waals surface area contributed by atoms with Crippen molar-refractivity contribution >= 4 is 21.3 Å². The lowest BCUT2D eigenvalue weighted by Crippen LogP contribution is -1.97. The maximum absolute atomic E-state index is 11.8. The molecular weight excluding hydrogens is 362 g/mol. The number of benzene rings is 1. The number of sulfone groups is 1. The molecule has 7 heteroatoms. The van der Waals surface area contributed by atoms with Gasteiger partial charge in [-0.3, -0.25) is 4.98 Å². The molecule has 0 spiro atoms. The summed E-state index contributed by atoms with van der Waals surface area (Å²) < 4.78 is 29.5. The molecule has 27 heavy (non-hydrogen) atoms. The van der Waals surface area contributed by atoms with Crippen molar-refractivity contribution in [2.75, 3.05) is 5.32 Å². The first-order chi connectivity index (χ1) is 12.9. The van der Waals surface area contributed by atoms with Gasteiger partial charge in [0.05, 0.1) is 17.2 Å². The SMILES string of the molecule is Cc1ccc(Oc2ccnc(Nc3ccc4c(c3)CS(=O)(=O)C4)c2)c(C)n1. The molecule has 1 aliphatic heterocycles. The number of aromatic nitrogens is 2. The Morgan fingerprint density at radius 2 is 1.81 bits per heavy atom. The number of hydrogen-bond donors (Lipinski definition) is 1. The summed E-state index contributed by atoms with van der Waals surface area (Å²) in [6.07, 6.45) is 1.66. The predicted octanol–water partition coefficient (Wildman–Crippen LogP) is 4.06. The molecule has 0 aliphatic carbocycles. The van der Waals surface area contributed by atoms with Gasteiger partial charge in [0.1, 0.15) is 17.3 Å². The van der Waals surface area contributed by atoms with Gasteiger partial charge < -0.3 is 10.1 Å². The molecule has 0 unspecified atom stereocenters. The summed E-state index contributed by atoms with van der Waals surface area (Å²) >= 11 is 0. The normalized spacial score (nSPS) is 14.6. The maximum atomic E-state index is 11.8. The average Bonchev–Trinajstić information content (AvgIpc) is 2.91. The van der Waals surface area contributed by atoms with Crippen molar-refractivity contribution in [3.63, 3.8) is 0 Å². The van der Waals surface area contributed by atoms with Crippen LogP contribution in [0.25, 0.3) is 0 Å². The number of rotatable bonds is 4. The Morgan fingerprint density at radius 3 is 2.63 bits per heavy atom. The summed E-state index contributed by atoms with van der Waals surface area (Å²) in [7, 11) is -3.01. The highest BCUT2D eigenvalue weighted by Crippen LogP contribution is 2.30. The number of pyridine rings is 2. The van der Waals surface area contributed by atoms with E-state index in [1.54, 1.807) is 18.3 Å². The minimum absolute atomic E-state index is 0.0914. The third kappa shape index (κ3) is 3.93. The smallest absolute Gasteiger partial charge is 0.158 e. The second-order valence-corrected chi connectivity index (χ2v) is 8.72. The number of ether oxygens (including phenoxy) is 1. The van der Waals surface area contributed by atoms with Crippen LogP contribution in [0.1, 0.15) is 22.5 Å². The molecule has 138 valence electrons. The van der Waals surface area contributed by atoms with E-state index in [1.165, 1.54) is 0 Å². The largest absolute Gasteiger partial charge is 0.455 e. The molecule has 0 fully saturated rings. The van der Waals surface area contributed by atoms with Crippen LogP contribution in [0.2, 0.25) is 0 Å². The van der Waals surface area contributed by atoms with Crippen LogP contribution in [-0.2, 0) is 21.3 Å². The quantitative estimate of drug-likeness (QED) is 0.734. The van der Waals surface area contributed by atoms with Crippen molar-refractivity contribution < 1.29 is 13.2 Å². The van der Waals surface area contributed by atoms with Crippen LogP contribution in [0, 0.1) is 13.8 Å². The second-order valence-electron chi connectivity index (χ2n) is 6.66. The van der Waals surface area contributed by atoms with E-state index in [9.17, 15) is 8.42 Å². The molecule has 4 rings (SSSR count). The zero-order valence-electron chi connectivity index (χ0n) is 15.1. The molecule has 2 aromatic heterocycles. The molecule has 0 bridgehead atoms. The van der Waals surface area contributed by atoms with E-state index in [0.29, 0.717) is 17.3 Å². The van der Waals surface area contributed by atoms with Crippen LogP contribution in [-0.4, -0.2) is 18.4 Å². The Labute approximate surface area is 158 Å². The van der Waals surface area contributed by atoms with Gasteiger partial charge in [-0.2, -0.15) is 0 Å². The molecule has 0 radical (unpaired) electrons. The monoisotopic (exact) mass is 381 g/mol. The maximum Gasteiger partial charge on any atom is 0.158 e. The average molecular weight is 381 g/mol. The Hall–Kier alpha value is -2.93. The topological polar surface area (TPSA) is 81.2 Å². The van der Waals surface area contributed by atoms with Crippen LogP contribution in [0.4, 0.5) is 11.5 Å². The minimum Gasteiger partial charge on any atom is -0.455 e. The molecule has 0 saturated heterocycles. The van der Waals surface area contributed by atoms with Crippen LogP contribution in [0.3, 0.4) is 0 Å². The van der Waals surface area contributed by atoms with Gasteiger partial charge in [-0.1, -0.05) is 6.07 Å². The number of nitrogens with zero attached hydrogens (tertiary/aromatic N) is 2. The Bertz CT molecular complexity index is 1130. The number of anilines is 2. The van der Waals surface area contributed by atoms with E-state index in [2.05, 4.69) is 15.3 Å². The minimum atomic E-state index is -3.01. The van der Waals surface area contributed by atoms with Gasteiger partial charge in [-0.25, -0.2) is 13.4 Å². The highest BCUT2D eigenvalue weighted by Gasteiger charge is 2.24. The fourth-order valence-corrected chi connectivity index (χ4v) is 4.70. The van der Waals surface area contributed by atoms with Crippen molar-refractivity contribution in [1.29, 1.82) is 0 Å². The zero-order chi connectivity index (χ0) is 19.0. The summed E-state index contributed by atoms with van der Waals surface area (Å²) in [6.45, 7) is 3.84. The standard InChI is InChI=1S/C20H19N3O3S/c1-13-3-6-19(14(2)22-13)26-18-7-8-21-20(10-18)23-17-5-4-15-11-27(24,25)12-16(15)9-17/h3-10H,11-12H2,1-2H3,(H,21,23). The molecule has 0 amide bonds. The highest BCUT2D eigenvalue weighted by molar-refractivity contribution is 7.90. The third-order valence-electron chi connectivity index (χ3n) is 4.37. The zero-order valence-corrected chi connectivity index (χ0v) is 15.9. The summed E-state index contributed by atoms with van der Waals surface area (Å²) in [6, 6.07) is 13.0. The molecule has 0 saturated carbocycles. The first-order valence-corrected chi connectivity index (χ1v) is 10.4. The van der Waals surface area contributed by atoms with Crippen LogP contribution < -0.4 is 10.1 Å². The molecular formula is C20H19N3O3S. The van der Waals surface area contributed by atoms with Gasteiger partial charge in [0.25, 0.3) is 0 Å². The van der Waals surface area contributed by atoms with Gasteiger partial charge in [-0.15, -0.1) is 0 Å². The fraction of sp³-hybridized carbons (Fsp3) is 0.200. The molecule has 1 N–H and O–H groups in total. The van der Waals surface area contributed by atoms with Gasteiger partial charge in [-0.05, 0) is 55.3 Å². The first kappa shape index (κ1) is 17.5. The van der Waals surface area contributed by atoms with E-state index in [4.69, 9.17) is 4.74 Å². The van der Waals surface area contributed by atoms with E-state index >= 15 is 0 Å². The molecule has 0 atom stereocenters. The lowest BCUT2D eigenvalue weighted by atomic mass is 10.1. The van der Waals surface area contributed by atoms with Crippen LogP contribution in [0.15, 0.2) is 48.7 Å². The predicted molar refractivity (Wildman–Crippen MR) is 104 cm³/mol. The summed E-state index contributed by atoms with van der Waals surface area (Å²) in [4.78, 5) is 8.71. The van der Waals surface area contributed by atoms with Gasteiger partial charge in [0.2, 0.25) is 0 Å². The summed E-state index contributed by atoms with van der Waals surface area (Å²) in [5.74, 6) is 2.17. The number of fused-ring (bicyclic) bond motifs is 1. The van der Waals surface area contributed by atoms with Gasteiger partial charge >= 0.3 is 0 Å². The highest BCUT2D eigenvalue weighted by atomic mass is 32.2. The number of aryl methyl sites for hydroxylation is 2. The molecule has 1 aliphatic rings. The number of hydrogen-bond acceptors (Lipinski definition) is 6. The molecule has 6 nitrogen and oxygen atoms in total. The van der Waals surface area contributed by atoms with E-state index in [1.807, 2.05) is 44.2 Å². The second kappa shape index (κ2) is 6.66. The Kier molecular flexibility index (Phi) is 4.31. The van der Waals surface area contributed by atoms with Crippen molar-refractivity contribution in [3.05, 3.63) is 71.2 Å². The number of nitrogens with one attached hydrogen (secondary N) is 1. The first-order valence-electron chi connectivity index (χ1n) is 8.55. The van der Waals surface area contributed by atoms with E-state index < -0.39 is 9.84 Å². The summed E-state index contributed by atoms with van der Waals surface area (Å²) in [5, 5.41) is 3.21. The molecule has 1 aromatic carbocycles. The van der Waals surface area contributed by atoms with Crippen molar-refractivity contribution in [2.24, 2.45) is 0 Å². The van der Waals surface area contributed by atoms with E-state index in [0.717, 1.165) is 28.2 Å². The van der Waals surface area contributed by atoms with Crippen LogP contribution >= 0.6 is 0 Å². The van der Waals surface area contributed by atoms with Crippen molar-refractivity contribution in [3.8, 4) is 11.5 Å². The van der Waals surface area contributed by atoms with Crippen LogP contribution in [0.5, 0.6) is 11.5 Å². The molecule has 3 aromatic rings. The van der Waals surface area contributed by atoms with Gasteiger partial charge in [0.15, 0.2) is 9.84 Å². The fourth-order valence-electron chi connectivity index (χ4n) is 3.10. The van der Waals surface area contributed by atoms with Gasteiger partial charge in [0, 0.05) is 23.6 Å².